The average Bonchev–Trinajstić information content (AvgIpc) is 2.56. The molecule has 5 nitrogen and oxygen atoms in total. The van der Waals surface area contributed by atoms with Gasteiger partial charge in [0.1, 0.15) is 5.82 Å². The zero-order valence-electron chi connectivity index (χ0n) is 15.0. The fourth-order valence-electron chi connectivity index (χ4n) is 3.74. The lowest BCUT2D eigenvalue weighted by molar-refractivity contribution is -0.117. The van der Waals surface area contributed by atoms with Crippen LogP contribution in [0, 0.1) is 18.7 Å². The number of carbonyl (C=O) groups excluding carboxylic acids is 1. The van der Waals surface area contributed by atoms with Gasteiger partial charge in [0.25, 0.3) is 0 Å². The third kappa shape index (κ3) is 3.21. The molecule has 1 aliphatic rings. The molecule has 6 heteroatoms. The highest BCUT2D eigenvalue weighted by molar-refractivity contribution is 5.94. The van der Waals surface area contributed by atoms with Crippen molar-refractivity contribution >= 4 is 17.5 Å². The van der Waals surface area contributed by atoms with Crippen molar-refractivity contribution in [1.29, 1.82) is 0 Å². The predicted molar refractivity (Wildman–Crippen MR) is 95.9 cm³/mol. The molecular formula is C19H23FN4O. The lowest BCUT2D eigenvalue weighted by Crippen LogP contribution is -2.49. The lowest BCUT2D eigenvalue weighted by Gasteiger charge is -2.45. The van der Waals surface area contributed by atoms with Gasteiger partial charge in [0.15, 0.2) is 0 Å². The first-order chi connectivity index (χ1) is 11.9. The Balaban J connectivity index is 2.09. The molecule has 0 radical (unpaired) electrons. The SMILES string of the molecule is CC[C@H]1C(C)C(Nc2nccc(C)n2)c2cc(F)ccc2N1C(C)=O. The summed E-state index contributed by atoms with van der Waals surface area (Å²) in [5.74, 6) is 0.240. The largest absolute Gasteiger partial charge is 0.347 e. The topological polar surface area (TPSA) is 58.1 Å². The van der Waals surface area contributed by atoms with E-state index in [1.54, 1.807) is 24.1 Å². The van der Waals surface area contributed by atoms with Gasteiger partial charge in [-0.25, -0.2) is 14.4 Å². The number of halogens is 1. The summed E-state index contributed by atoms with van der Waals surface area (Å²) in [6.45, 7) is 7.59. The van der Waals surface area contributed by atoms with Crippen molar-refractivity contribution in [3.8, 4) is 0 Å². The van der Waals surface area contributed by atoms with Crippen LogP contribution >= 0.6 is 0 Å². The highest BCUT2D eigenvalue weighted by Gasteiger charge is 2.40. The average molecular weight is 342 g/mol. The molecule has 0 fully saturated rings. The van der Waals surface area contributed by atoms with Crippen molar-refractivity contribution in [2.45, 2.75) is 46.2 Å². The van der Waals surface area contributed by atoms with E-state index in [1.165, 1.54) is 12.1 Å². The monoisotopic (exact) mass is 342 g/mol. The van der Waals surface area contributed by atoms with Gasteiger partial charge in [-0.05, 0) is 37.6 Å². The van der Waals surface area contributed by atoms with Crippen molar-refractivity contribution in [2.75, 3.05) is 10.2 Å². The summed E-state index contributed by atoms with van der Waals surface area (Å²) in [5.41, 5.74) is 2.37. The first-order valence-electron chi connectivity index (χ1n) is 8.57. The Labute approximate surface area is 147 Å². The van der Waals surface area contributed by atoms with Crippen molar-refractivity contribution in [3.63, 3.8) is 0 Å². The molecule has 2 heterocycles. The Kier molecular flexibility index (Phi) is 4.70. The normalized spacial score (nSPS) is 22.4. The van der Waals surface area contributed by atoms with Crippen LogP contribution in [0.15, 0.2) is 30.5 Å². The summed E-state index contributed by atoms with van der Waals surface area (Å²) < 4.78 is 13.9. The Morgan fingerprint density at radius 2 is 2.12 bits per heavy atom. The maximum Gasteiger partial charge on any atom is 0.224 e. The van der Waals surface area contributed by atoms with E-state index in [0.29, 0.717) is 5.95 Å². The van der Waals surface area contributed by atoms with Crippen LogP contribution in [0.3, 0.4) is 0 Å². The predicted octanol–water partition coefficient (Wildman–Crippen LogP) is 3.86. The molecule has 0 saturated heterocycles. The maximum absolute atomic E-state index is 13.9. The Bertz CT molecular complexity index is 795. The van der Waals surface area contributed by atoms with E-state index >= 15 is 0 Å². The van der Waals surface area contributed by atoms with Crippen LogP contribution in [0.4, 0.5) is 16.0 Å². The molecule has 2 aromatic rings. The zero-order valence-corrected chi connectivity index (χ0v) is 15.0. The molecule has 132 valence electrons. The van der Waals surface area contributed by atoms with Crippen LogP contribution in [0.2, 0.25) is 0 Å². The minimum atomic E-state index is -0.318. The second-order valence-electron chi connectivity index (χ2n) is 6.57. The Morgan fingerprint density at radius 3 is 2.76 bits per heavy atom. The molecule has 1 aliphatic heterocycles. The number of amides is 1. The second-order valence-corrected chi connectivity index (χ2v) is 6.57. The summed E-state index contributed by atoms with van der Waals surface area (Å²) >= 11 is 0. The highest BCUT2D eigenvalue weighted by atomic mass is 19.1. The minimum Gasteiger partial charge on any atom is -0.347 e. The first-order valence-corrected chi connectivity index (χ1v) is 8.57. The van der Waals surface area contributed by atoms with Gasteiger partial charge >= 0.3 is 0 Å². The number of carbonyl (C=O) groups is 1. The first kappa shape index (κ1) is 17.3. The standard InChI is InChI=1S/C19H23FN4O/c1-5-16-12(3)18(23-19-21-9-8-11(2)22-19)15-10-14(20)6-7-17(15)24(16)13(4)25/h6-10,12,16,18H,5H2,1-4H3,(H,21,22,23)/t12?,16-,18?/m0/s1. The quantitative estimate of drug-likeness (QED) is 0.920. The van der Waals surface area contributed by atoms with Crippen molar-refractivity contribution < 1.29 is 9.18 Å². The molecule has 0 bridgehead atoms. The van der Waals surface area contributed by atoms with E-state index in [0.717, 1.165) is 23.4 Å². The molecule has 0 spiro atoms. The summed E-state index contributed by atoms with van der Waals surface area (Å²) in [6, 6.07) is 6.27. The number of nitrogens with zero attached hydrogens (tertiary/aromatic N) is 3. The third-order valence-electron chi connectivity index (χ3n) is 4.89. The molecule has 1 amide bonds. The van der Waals surface area contributed by atoms with E-state index in [1.807, 2.05) is 13.0 Å². The number of benzene rings is 1. The molecule has 25 heavy (non-hydrogen) atoms. The molecule has 1 N–H and O–H groups in total. The van der Waals surface area contributed by atoms with E-state index in [4.69, 9.17) is 0 Å². The third-order valence-corrected chi connectivity index (χ3v) is 4.89. The highest BCUT2D eigenvalue weighted by Crippen LogP contribution is 2.43. The van der Waals surface area contributed by atoms with Gasteiger partial charge in [-0.2, -0.15) is 0 Å². The van der Waals surface area contributed by atoms with Crippen molar-refractivity contribution in [3.05, 3.63) is 47.5 Å². The van der Waals surface area contributed by atoms with Gasteiger partial charge in [-0.1, -0.05) is 13.8 Å². The number of fused-ring (bicyclic) bond motifs is 1. The number of anilines is 2. The van der Waals surface area contributed by atoms with Gasteiger partial charge in [-0.3, -0.25) is 4.79 Å². The molecule has 1 aromatic heterocycles. The van der Waals surface area contributed by atoms with Gasteiger partial charge in [-0.15, -0.1) is 0 Å². The van der Waals surface area contributed by atoms with E-state index in [2.05, 4.69) is 29.1 Å². The minimum absolute atomic E-state index is 0.0257. The molecule has 0 saturated carbocycles. The second kappa shape index (κ2) is 6.78. The van der Waals surface area contributed by atoms with Crippen LogP contribution in [0.5, 0.6) is 0 Å². The molecule has 0 aliphatic carbocycles. The summed E-state index contributed by atoms with van der Waals surface area (Å²) in [6.07, 6.45) is 2.51. The number of aryl methyl sites for hydroxylation is 1. The summed E-state index contributed by atoms with van der Waals surface area (Å²) in [4.78, 5) is 22.7. The van der Waals surface area contributed by atoms with Crippen LogP contribution in [-0.4, -0.2) is 21.9 Å². The molecular weight excluding hydrogens is 319 g/mol. The fraction of sp³-hybridized carbons (Fsp3) is 0.421. The Hall–Kier alpha value is -2.50. The van der Waals surface area contributed by atoms with Crippen LogP contribution < -0.4 is 10.2 Å². The van der Waals surface area contributed by atoms with Gasteiger partial charge in [0.05, 0.1) is 6.04 Å². The fourth-order valence-corrected chi connectivity index (χ4v) is 3.74. The van der Waals surface area contributed by atoms with Crippen LogP contribution in [-0.2, 0) is 4.79 Å². The van der Waals surface area contributed by atoms with Crippen LogP contribution in [0.1, 0.15) is 44.5 Å². The Morgan fingerprint density at radius 1 is 1.36 bits per heavy atom. The van der Waals surface area contributed by atoms with E-state index < -0.39 is 0 Å². The number of hydrogen-bond acceptors (Lipinski definition) is 4. The molecule has 3 atom stereocenters. The lowest BCUT2D eigenvalue weighted by atomic mass is 9.81. The number of aromatic nitrogens is 2. The molecule has 2 unspecified atom stereocenters. The van der Waals surface area contributed by atoms with Crippen LogP contribution in [0.25, 0.3) is 0 Å². The smallest absolute Gasteiger partial charge is 0.224 e. The number of hydrogen-bond donors (Lipinski definition) is 1. The number of nitrogens with one attached hydrogen (secondary N) is 1. The van der Waals surface area contributed by atoms with Gasteiger partial charge in [0.2, 0.25) is 11.9 Å². The van der Waals surface area contributed by atoms with Gasteiger partial charge in [0, 0.05) is 42.0 Å². The zero-order chi connectivity index (χ0) is 18.1. The molecule has 3 rings (SSSR count). The molecule has 1 aromatic carbocycles. The summed E-state index contributed by atoms with van der Waals surface area (Å²) in [7, 11) is 0. The van der Waals surface area contributed by atoms with E-state index in [-0.39, 0.29) is 29.7 Å². The van der Waals surface area contributed by atoms with Crippen molar-refractivity contribution in [1.82, 2.24) is 9.97 Å². The summed E-state index contributed by atoms with van der Waals surface area (Å²) in [5, 5.41) is 3.35. The van der Waals surface area contributed by atoms with Gasteiger partial charge < -0.3 is 10.2 Å². The van der Waals surface area contributed by atoms with E-state index in [9.17, 15) is 9.18 Å². The number of rotatable bonds is 3. The maximum atomic E-state index is 13.9. The van der Waals surface area contributed by atoms with Crippen molar-refractivity contribution in [2.24, 2.45) is 5.92 Å².